The summed E-state index contributed by atoms with van der Waals surface area (Å²) in [4.78, 5) is 21.2. The molecule has 0 aliphatic rings. The van der Waals surface area contributed by atoms with E-state index in [1.807, 2.05) is 0 Å². The lowest BCUT2D eigenvalue weighted by molar-refractivity contribution is -0.141. The average Bonchev–Trinajstić information content (AvgIpc) is 2.35. The number of aliphatic carboxylic acids is 2. The second kappa shape index (κ2) is 7.00. The third-order valence-corrected chi connectivity index (χ3v) is 2.13. The minimum absolute atomic E-state index is 0.488. The van der Waals surface area contributed by atoms with Crippen LogP contribution in [0.1, 0.15) is 5.56 Å². The molecule has 0 bridgehead atoms. The van der Waals surface area contributed by atoms with E-state index in [0.29, 0.717) is 11.3 Å². The first-order chi connectivity index (χ1) is 9.02. The van der Waals surface area contributed by atoms with Gasteiger partial charge in [-0.2, -0.15) is 5.10 Å². The van der Waals surface area contributed by atoms with Crippen molar-refractivity contribution in [1.29, 1.82) is 0 Å². The van der Waals surface area contributed by atoms with Crippen LogP contribution in [0.2, 0.25) is 0 Å². The molecule has 2 N–H and O–H groups in total. The monoisotopic (exact) mass is 266 g/mol. The van der Waals surface area contributed by atoms with Crippen LogP contribution in [0, 0.1) is 0 Å². The number of methoxy groups -OCH3 is 1. The molecule has 1 rings (SSSR count). The predicted molar refractivity (Wildman–Crippen MR) is 67.4 cm³/mol. The van der Waals surface area contributed by atoms with Gasteiger partial charge in [-0.15, -0.1) is 0 Å². The van der Waals surface area contributed by atoms with Gasteiger partial charge in [-0.3, -0.25) is 14.6 Å². The number of carbonyl (C=O) groups is 2. The van der Waals surface area contributed by atoms with E-state index in [4.69, 9.17) is 14.9 Å². The Morgan fingerprint density at radius 2 is 1.84 bits per heavy atom. The van der Waals surface area contributed by atoms with Crippen LogP contribution in [0.4, 0.5) is 0 Å². The number of hydrogen-bond acceptors (Lipinski definition) is 5. The number of para-hydroxylation sites is 1. The van der Waals surface area contributed by atoms with Gasteiger partial charge in [0.15, 0.2) is 0 Å². The summed E-state index contributed by atoms with van der Waals surface area (Å²) in [5.74, 6) is -1.74. The Hall–Kier alpha value is -2.57. The lowest BCUT2D eigenvalue weighted by Crippen LogP contribution is -2.30. The summed E-state index contributed by atoms with van der Waals surface area (Å²) in [6.07, 6.45) is 1.37. The Bertz CT molecular complexity index is 471. The summed E-state index contributed by atoms with van der Waals surface area (Å²) in [5.41, 5.74) is 0.630. The van der Waals surface area contributed by atoms with E-state index < -0.39 is 25.0 Å². The highest BCUT2D eigenvalue weighted by atomic mass is 16.5. The summed E-state index contributed by atoms with van der Waals surface area (Å²) in [6.45, 7) is -0.976. The van der Waals surface area contributed by atoms with Crippen LogP contribution in [0.5, 0.6) is 5.75 Å². The third-order valence-electron chi connectivity index (χ3n) is 2.13. The third kappa shape index (κ3) is 5.07. The zero-order valence-electron chi connectivity index (χ0n) is 10.3. The molecule has 1 aromatic rings. The first kappa shape index (κ1) is 14.5. The summed E-state index contributed by atoms with van der Waals surface area (Å²) < 4.78 is 5.10. The Morgan fingerprint density at radius 1 is 1.26 bits per heavy atom. The molecule has 0 unspecified atom stereocenters. The quantitative estimate of drug-likeness (QED) is 0.550. The molecule has 0 amide bonds. The van der Waals surface area contributed by atoms with Crippen LogP contribution in [-0.2, 0) is 9.59 Å². The zero-order valence-corrected chi connectivity index (χ0v) is 10.3. The van der Waals surface area contributed by atoms with Crippen LogP contribution in [0.15, 0.2) is 29.4 Å². The highest BCUT2D eigenvalue weighted by Gasteiger charge is 2.10. The second-order valence-electron chi connectivity index (χ2n) is 3.60. The maximum atomic E-state index is 10.6. The van der Waals surface area contributed by atoms with E-state index in [0.717, 1.165) is 5.01 Å². The first-order valence-electron chi connectivity index (χ1n) is 5.38. The summed E-state index contributed by atoms with van der Waals surface area (Å²) in [7, 11) is 1.50. The fraction of sp³-hybridized carbons (Fsp3) is 0.250. The molecule has 0 aromatic heterocycles. The first-order valence-corrected chi connectivity index (χ1v) is 5.38. The molecule has 0 saturated carbocycles. The van der Waals surface area contributed by atoms with Crippen molar-refractivity contribution in [3.63, 3.8) is 0 Å². The molecule has 7 nitrogen and oxygen atoms in total. The maximum absolute atomic E-state index is 10.6. The number of ether oxygens (including phenoxy) is 1. The second-order valence-corrected chi connectivity index (χ2v) is 3.60. The molecule has 19 heavy (non-hydrogen) atoms. The molecule has 102 valence electrons. The van der Waals surface area contributed by atoms with Crippen molar-refractivity contribution in [2.24, 2.45) is 5.10 Å². The summed E-state index contributed by atoms with van der Waals surface area (Å²) in [6, 6.07) is 6.99. The fourth-order valence-corrected chi connectivity index (χ4v) is 1.37. The Morgan fingerprint density at radius 3 is 2.37 bits per heavy atom. The van der Waals surface area contributed by atoms with Gasteiger partial charge in [0.2, 0.25) is 0 Å². The Labute approximate surface area is 109 Å². The van der Waals surface area contributed by atoms with Gasteiger partial charge in [0.05, 0.1) is 13.3 Å². The molecule has 0 fully saturated rings. The number of hydrazone groups is 1. The lowest BCUT2D eigenvalue weighted by Gasteiger charge is -2.13. The largest absolute Gasteiger partial charge is 0.496 e. The van der Waals surface area contributed by atoms with Gasteiger partial charge in [-0.1, -0.05) is 12.1 Å². The maximum Gasteiger partial charge on any atom is 0.324 e. The molecule has 0 aliphatic heterocycles. The summed E-state index contributed by atoms with van der Waals surface area (Å²) in [5, 5.41) is 22.1. The van der Waals surface area contributed by atoms with Crippen LogP contribution in [0.3, 0.4) is 0 Å². The van der Waals surface area contributed by atoms with E-state index in [2.05, 4.69) is 5.10 Å². The number of hydrogen-bond donors (Lipinski definition) is 2. The van der Waals surface area contributed by atoms with Gasteiger partial charge in [0.1, 0.15) is 18.8 Å². The lowest BCUT2D eigenvalue weighted by atomic mass is 10.2. The van der Waals surface area contributed by atoms with E-state index in [-0.39, 0.29) is 0 Å². The Balaban J connectivity index is 2.84. The van der Waals surface area contributed by atoms with Crippen LogP contribution >= 0.6 is 0 Å². The number of carboxylic acid groups (broad SMARTS) is 2. The molecule has 0 saturated heterocycles. The average molecular weight is 266 g/mol. The zero-order chi connectivity index (χ0) is 14.3. The molecule has 7 heteroatoms. The van der Waals surface area contributed by atoms with Crippen molar-refractivity contribution in [3.8, 4) is 5.75 Å². The van der Waals surface area contributed by atoms with Crippen molar-refractivity contribution in [3.05, 3.63) is 29.8 Å². The van der Waals surface area contributed by atoms with Gasteiger partial charge < -0.3 is 14.9 Å². The molecule has 0 radical (unpaired) electrons. The number of nitrogens with zero attached hydrogens (tertiary/aromatic N) is 2. The summed E-state index contributed by atoms with van der Waals surface area (Å²) >= 11 is 0. The SMILES string of the molecule is COc1ccccc1/C=N\N(CC(=O)O)CC(=O)O. The highest BCUT2D eigenvalue weighted by molar-refractivity contribution is 5.83. The smallest absolute Gasteiger partial charge is 0.324 e. The van der Waals surface area contributed by atoms with Crippen molar-refractivity contribution in [2.45, 2.75) is 0 Å². The highest BCUT2D eigenvalue weighted by Crippen LogP contribution is 2.14. The van der Waals surface area contributed by atoms with Gasteiger partial charge in [0.25, 0.3) is 0 Å². The predicted octanol–water partition coefficient (Wildman–Crippen LogP) is 0.500. The van der Waals surface area contributed by atoms with Crippen molar-refractivity contribution in [1.82, 2.24) is 5.01 Å². The standard InChI is InChI=1S/C12H14N2O5/c1-19-10-5-3-2-4-9(10)6-13-14(7-11(15)16)8-12(17)18/h2-6H,7-8H2,1H3,(H,15,16)(H,17,18)/b13-6-. The molecule has 0 heterocycles. The number of carboxylic acids is 2. The molecular weight excluding hydrogens is 252 g/mol. The topological polar surface area (TPSA) is 99.4 Å². The minimum atomic E-state index is -1.15. The number of benzene rings is 1. The normalized spacial score (nSPS) is 10.4. The van der Waals surface area contributed by atoms with E-state index in [1.165, 1.54) is 13.3 Å². The Kier molecular flexibility index (Phi) is 5.34. The van der Waals surface area contributed by atoms with Crippen molar-refractivity contribution >= 4 is 18.2 Å². The fourth-order valence-electron chi connectivity index (χ4n) is 1.37. The molecule has 0 aliphatic carbocycles. The molecule has 1 aromatic carbocycles. The minimum Gasteiger partial charge on any atom is -0.496 e. The van der Waals surface area contributed by atoms with Gasteiger partial charge in [-0.05, 0) is 12.1 Å². The van der Waals surface area contributed by atoms with E-state index in [9.17, 15) is 9.59 Å². The number of rotatable bonds is 7. The molecule has 0 atom stereocenters. The van der Waals surface area contributed by atoms with Gasteiger partial charge in [-0.25, -0.2) is 0 Å². The van der Waals surface area contributed by atoms with E-state index in [1.54, 1.807) is 24.3 Å². The van der Waals surface area contributed by atoms with E-state index >= 15 is 0 Å². The molecular formula is C12H14N2O5. The van der Waals surface area contributed by atoms with Crippen LogP contribution < -0.4 is 4.74 Å². The van der Waals surface area contributed by atoms with Crippen LogP contribution in [-0.4, -0.2) is 53.6 Å². The van der Waals surface area contributed by atoms with Gasteiger partial charge in [0, 0.05) is 5.56 Å². The molecule has 0 spiro atoms. The van der Waals surface area contributed by atoms with Crippen molar-refractivity contribution in [2.75, 3.05) is 20.2 Å². The van der Waals surface area contributed by atoms with Crippen LogP contribution in [0.25, 0.3) is 0 Å². The van der Waals surface area contributed by atoms with Crippen molar-refractivity contribution < 1.29 is 24.5 Å². The van der Waals surface area contributed by atoms with Gasteiger partial charge >= 0.3 is 11.9 Å².